The van der Waals surface area contributed by atoms with E-state index in [1.54, 1.807) is 0 Å². The highest BCUT2D eigenvalue weighted by atomic mass is 15.0. The summed E-state index contributed by atoms with van der Waals surface area (Å²) in [7, 11) is 0. The van der Waals surface area contributed by atoms with Gasteiger partial charge >= 0.3 is 0 Å². The maximum Gasteiger partial charge on any atom is 0.160 e. The van der Waals surface area contributed by atoms with E-state index in [0.717, 1.165) is 50.7 Å². The van der Waals surface area contributed by atoms with E-state index < -0.39 is 0 Å². The number of nitrogens with zero attached hydrogens (tertiary/aromatic N) is 4. The van der Waals surface area contributed by atoms with E-state index in [4.69, 9.17) is 9.97 Å². The van der Waals surface area contributed by atoms with Gasteiger partial charge in [0.2, 0.25) is 0 Å². The van der Waals surface area contributed by atoms with Gasteiger partial charge in [-0.1, -0.05) is 133 Å². The van der Waals surface area contributed by atoms with Crippen LogP contribution >= 0.6 is 0 Å². The van der Waals surface area contributed by atoms with E-state index in [1.807, 2.05) is 0 Å². The zero-order valence-electron chi connectivity index (χ0n) is 33.2. The monoisotopic (exact) mass is 756 g/mol. The van der Waals surface area contributed by atoms with E-state index in [9.17, 15) is 0 Å². The minimum atomic E-state index is 0.738. The lowest BCUT2D eigenvalue weighted by Crippen LogP contribution is -1.98. The molecule has 0 atom stereocenters. The van der Waals surface area contributed by atoms with E-state index in [2.05, 4.69) is 218 Å². The summed E-state index contributed by atoms with van der Waals surface area (Å²) < 4.78 is 4.83. The normalized spacial score (nSPS) is 11.6. The smallest absolute Gasteiger partial charge is 0.160 e. The molecule has 11 aromatic rings. The highest BCUT2D eigenvalue weighted by molar-refractivity contribution is 6.12. The van der Waals surface area contributed by atoms with Crippen LogP contribution in [0.2, 0.25) is 0 Å². The lowest BCUT2D eigenvalue weighted by molar-refractivity contribution is 1.14. The average Bonchev–Trinajstić information content (AvgIpc) is 3.79. The van der Waals surface area contributed by atoms with Gasteiger partial charge in [0, 0.05) is 49.6 Å². The van der Waals surface area contributed by atoms with Crippen molar-refractivity contribution in [1.29, 1.82) is 0 Å². The van der Waals surface area contributed by atoms with Gasteiger partial charge in [-0.05, 0) is 103 Å². The number of rotatable bonds is 6. The molecule has 4 heteroatoms. The van der Waals surface area contributed by atoms with Gasteiger partial charge in [0.05, 0.1) is 33.5 Å². The first-order chi connectivity index (χ1) is 29.0. The van der Waals surface area contributed by atoms with Crippen molar-refractivity contribution in [1.82, 2.24) is 19.1 Å². The summed E-state index contributed by atoms with van der Waals surface area (Å²) in [6.45, 7) is 6.48. The molecule has 0 spiro atoms. The molecule has 0 aliphatic carbocycles. The van der Waals surface area contributed by atoms with Crippen molar-refractivity contribution in [3.05, 3.63) is 205 Å². The molecule has 0 aliphatic rings. The minimum absolute atomic E-state index is 0.738. The largest absolute Gasteiger partial charge is 0.309 e. The van der Waals surface area contributed by atoms with Crippen LogP contribution in [0.25, 0.3) is 100 Å². The highest BCUT2D eigenvalue weighted by Gasteiger charge is 2.18. The highest BCUT2D eigenvalue weighted by Crippen LogP contribution is 2.38. The predicted octanol–water partition coefficient (Wildman–Crippen LogP) is 14.3. The molecule has 59 heavy (non-hydrogen) atoms. The summed E-state index contributed by atoms with van der Waals surface area (Å²) in [5.74, 6) is 0.738. The molecular weight excluding hydrogens is 717 g/mol. The standard InChI is InChI=1S/C55H40N4/c1-35-14-4-6-16-42(35)49-34-48(56-55(57-49)43-17-7-5-15-36(43)2)39-26-24-38(25-27-39)40-28-30-50(37(3)32-40)59-53-23-13-10-20-46(53)47-33-41(29-31-54(47)59)58-51-21-11-8-18-44(51)45-19-9-12-22-52(45)58/h4-34H,1-3H3. The molecule has 3 heterocycles. The molecule has 0 aliphatic heterocycles. The number of hydrogen-bond donors (Lipinski definition) is 0. The lowest BCUT2D eigenvalue weighted by Gasteiger charge is -2.14. The van der Waals surface area contributed by atoms with Crippen LogP contribution in [0.4, 0.5) is 0 Å². The molecule has 0 saturated carbocycles. The summed E-state index contributed by atoms with van der Waals surface area (Å²) in [6, 6.07) is 67.6. The number of benzene rings is 8. The maximum atomic E-state index is 5.13. The summed E-state index contributed by atoms with van der Waals surface area (Å²) in [5.41, 5.74) is 18.1. The van der Waals surface area contributed by atoms with E-state index in [0.29, 0.717) is 0 Å². The van der Waals surface area contributed by atoms with Gasteiger partial charge in [0.15, 0.2) is 5.82 Å². The lowest BCUT2D eigenvalue weighted by atomic mass is 9.99. The third-order valence-corrected chi connectivity index (χ3v) is 12.0. The molecule has 0 amide bonds. The number of aromatic nitrogens is 4. The number of para-hydroxylation sites is 3. The number of fused-ring (bicyclic) bond motifs is 6. The summed E-state index contributed by atoms with van der Waals surface area (Å²) >= 11 is 0. The second-order valence-corrected chi connectivity index (χ2v) is 15.6. The Balaban J connectivity index is 0.973. The molecule has 0 saturated heterocycles. The summed E-state index contributed by atoms with van der Waals surface area (Å²) in [4.78, 5) is 10.2. The SMILES string of the molecule is Cc1ccccc1-c1cc(-c2ccc(-c3ccc(-n4c5ccccc5c5cc(-n6c7ccccc7c7ccccc76)ccc54)c(C)c3)cc2)nc(-c2ccccc2C)n1. The van der Waals surface area contributed by atoms with Crippen LogP contribution in [0.5, 0.6) is 0 Å². The van der Waals surface area contributed by atoms with Gasteiger partial charge in [0.1, 0.15) is 0 Å². The zero-order chi connectivity index (χ0) is 39.6. The minimum Gasteiger partial charge on any atom is -0.309 e. The fourth-order valence-electron chi connectivity index (χ4n) is 9.02. The molecule has 11 rings (SSSR count). The molecule has 0 unspecified atom stereocenters. The molecule has 0 N–H and O–H groups in total. The van der Waals surface area contributed by atoms with Crippen LogP contribution < -0.4 is 0 Å². The molecule has 0 bridgehead atoms. The Hall–Kier alpha value is -7.56. The molecule has 3 aromatic heterocycles. The fourth-order valence-corrected chi connectivity index (χ4v) is 9.02. The van der Waals surface area contributed by atoms with Crippen LogP contribution in [0.1, 0.15) is 16.7 Å². The van der Waals surface area contributed by atoms with E-state index in [-0.39, 0.29) is 0 Å². The molecular formula is C55H40N4. The molecule has 0 radical (unpaired) electrons. The Kier molecular flexibility index (Phi) is 8.12. The van der Waals surface area contributed by atoms with Gasteiger partial charge in [-0.2, -0.15) is 0 Å². The van der Waals surface area contributed by atoms with Crippen molar-refractivity contribution in [2.24, 2.45) is 0 Å². The topological polar surface area (TPSA) is 35.6 Å². The molecule has 280 valence electrons. The second kappa shape index (κ2) is 13.8. The second-order valence-electron chi connectivity index (χ2n) is 15.6. The first kappa shape index (κ1) is 34.7. The molecule has 0 fully saturated rings. The Morgan fingerprint density at radius 1 is 0.339 bits per heavy atom. The van der Waals surface area contributed by atoms with Gasteiger partial charge in [-0.3, -0.25) is 0 Å². The van der Waals surface area contributed by atoms with Crippen molar-refractivity contribution in [2.45, 2.75) is 20.8 Å². The quantitative estimate of drug-likeness (QED) is 0.169. The third-order valence-electron chi connectivity index (χ3n) is 12.0. The third kappa shape index (κ3) is 5.75. The van der Waals surface area contributed by atoms with Gasteiger partial charge in [-0.25, -0.2) is 9.97 Å². The predicted molar refractivity (Wildman–Crippen MR) is 247 cm³/mol. The van der Waals surface area contributed by atoms with Crippen LogP contribution in [0, 0.1) is 20.8 Å². The van der Waals surface area contributed by atoms with Crippen molar-refractivity contribution in [3.63, 3.8) is 0 Å². The van der Waals surface area contributed by atoms with Crippen molar-refractivity contribution >= 4 is 43.6 Å². The van der Waals surface area contributed by atoms with Crippen molar-refractivity contribution < 1.29 is 0 Å². The maximum absolute atomic E-state index is 5.13. The van der Waals surface area contributed by atoms with Crippen LogP contribution in [0.3, 0.4) is 0 Å². The van der Waals surface area contributed by atoms with Gasteiger partial charge in [-0.15, -0.1) is 0 Å². The molecule has 8 aromatic carbocycles. The zero-order valence-corrected chi connectivity index (χ0v) is 33.2. The Labute approximate surface area is 343 Å². The Bertz CT molecular complexity index is 3300. The van der Waals surface area contributed by atoms with Gasteiger partial charge < -0.3 is 9.13 Å². The van der Waals surface area contributed by atoms with Crippen LogP contribution in [-0.4, -0.2) is 19.1 Å². The van der Waals surface area contributed by atoms with Crippen molar-refractivity contribution in [3.8, 4) is 56.4 Å². The summed E-state index contributed by atoms with van der Waals surface area (Å²) in [6.07, 6.45) is 0. The van der Waals surface area contributed by atoms with Crippen LogP contribution in [-0.2, 0) is 0 Å². The Morgan fingerprint density at radius 2 is 0.847 bits per heavy atom. The van der Waals surface area contributed by atoms with E-state index in [1.165, 1.54) is 66.0 Å². The number of hydrogen-bond acceptors (Lipinski definition) is 2. The first-order valence-corrected chi connectivity index (χ1v) is 20.2. The summed E-state index contributed by atoms with van der Waals surface area (Å²) in [5, 5.41) is 5.01. The Morgan fingerprint density at radius 3 is 1.49 bits per heavy atom. The van der Waals surface area contributed by atoms with Crippen LogP contribution in [0.15, 0.2) is 188 Å². The van der Waals surface area contributed by atoms with Gasteiger partial charge in [0.25, 0.3) is 0 Å². The average molecular weight is 757 g/mol. The fraction of sp³-hybridized carbons (Fsp3) is 0.0545. The van der Waals surface area contributed by atoms with Crippen molar-refractivity contribution in [2.75, 3.05) is 0 Å². The first-order valence-electron chi connectivity index (χ1n) is 20.2. The molecule has 4 nitrogen and oxygen atoms in total. The number of aryl methyl sites for hydroxylation is 3. The van der Waals surface area contributed by atoms with E-state index >= 15 is 0 Å².